The van der Waals surface area contributed by atoms with Gasteiger partial charge in [-0.15, -0.1) is 24.0 Å². The minimum atomic E-state index is 0. The van der Waals surface area contributed by atoms with Crippen LogP contribution in [0.3, 0.4) is 0 Å². The van der Waals surface area contributed by atoms with Gasteiger partial charge in [0.1, 0.15) is 0 Å². The van der Waals surface area contributed by atoms with Crippen LogP contribution >= 0.6 is 24.0 Å². The molecule has 142 valence electrons. The molecule has 5 heteroatoms. The van der Waals surface area contributed by atoms with Crippen LogP contribution in [-0.4, -0.2) is 30.0 Å². The van der Waals surface area contributed by atoms with Crippen molar-refractivity contribution in [2.75, 3.05) is 13.1 Å². The normalized spacial score (nSPS) is 16.4. The van der Waals surface area contributed by atoms with Gasteiger partial charge in [-0.25, -0.2) is 4.99 Å². The third kappa shape index (κ3) is 7.94. The Balaban J connectivity index is 0.00000312. The predicted molar refractivity (Wildman–Crippen MR) is 118 cm³/mol. The number of rotatable bonds is 7. The SMILES string of the molecule is CCN(CC)Cc1ccccc1CN=C(N)NC1CCCCCC1.I. The predicted octanol–water partition coefficient (Wildman–Crippen LogP) is 4.27. The minimum absolute atomic E-state index is 0. The summed E-state index contributed by atoms with van der Waals surface area (Å²) in [4.78, 5) is 7.03. The highest BCUT2D eigenvalue weighted by atomic mass is 127. The van der Waals surface area contributed by atoms with Crippen molar-refractivity contribution in [3.63, 3.8) is 0 Å². The zero-order valence-corrected chi connectivity index (χ0v) is 18.2. The van der Waals surface area contributed by atoms with E-state index in [0.29, 0.717) is 18.5 Å². The number of benzene rings is 1. The van der Waals surface area contributed by atoms with Crippen molar-refractivity contribution in [3.8, 4) is 0 Å². The van der Waals surface area contributed by atoms with E-state index in [2.05, 4.69) is 53.3 Å². The number of nitrogens with zero attached hydrogens (tertiary/aromatic N) is 2. The molecule has 0 bridgehead atoms. The second-order valence-corrected chi connectivity index (χ2v) is 6.76. The third-order valence-corrected chi connectivity index (χ3v) is 5.03. The quantitative estimate of drug-likeness (QED) is 0.278. The van der Waals surface area contributed by atoms with Gasteiger partial charge in [-0.3, -0.25) is 4.90 Å². The Bertz CT molecular complexity index is 506. The highest BCUT2D eigenvalue weighted by molar-refractivity contribution is 14.0. The molecule has 0 aromatic heterocycles. The fourth-order valence-corrected chi connectivity index (χ4v) is 3.40. The van der Waals surface area contributed by atoms with Gasteiger partial charge in [0.2, 0.25) is 0 Å². The Labute approximate surface area is 170 Å². The number of halogens is 1. The van der Waals surface area contributed by atoms with Crippen molar-refractivity contribution < 1.29 is 0 Å². The summed E-state index contributed by atoms with van der Waals surface area (Å²) in [6.45, 7) is 8.19. The van der Waals surface area contributed by atoms with E-state index >= 15 is 0 Å². The van der Waals surface area contributed by atoms with Gasteiger partial charge < -0.3 is 11.1 Å². The summed E-state index contributed by atoms with van der Waals surface area (Å²) in [5.74, 6) is 0.597. The molecule has 0 spiro atoms. The second kappa shape index (κ2) is 12.5. The van der Waals surface area contributed by atoms with E-state index in [-0.39, 0.29) is 24.0 Å². The van der Waals surface area contributed by atoms with Crippen LogP contribution in [0.5, 0.6) is 0 Å². The molecule has 0 aliphatic heterocycles. The van der Waals surface area contributed by atoms with Gasteiger partial charge in [-0.2, -0.15) is 0 Å². The first-order valence-electron chi connectivity index (χ1n) is 9.58. The van der Waals surface area contributed by atoms with Crippen LogP contribution in [-0.2, 0) is 13.1 Å². The van der Waals surface area contributed by atoms with E-state index in [9.17, 15) is 0 Å². The summed E-state index contributed by atoms with van der Waals surface area (Å²) in [5.41, 5.74) is 8.76. The van der Waals surface area contributed by atoms with E-state index in [1.165, 1.54) is 49.7 Å². The molecule has 1 aromatic carbocycles. The fourth-order valence-electron chi connectivity index (χ4n) is 3.40. The summed E-state index contributed by atoms with van der Waals surface area (Å²) < 4.78 is 0. The van der Waals surface area contributed by atoms with Crippen LogP contribution in [0, 0.1) is 0 Å². The van der Waals surface area contributed by atoms with E-state index in [1.807, 2.05) is 0 Å². The maximum absolute atomic E-state index is 6.14. The number of hydrogen-bond acceptors (Lipinski definition) is 2. The first kappa shape index (κ1) is 22.2. The van der Waals surface area contributed by atoms with Crippen molar-refractivity contribution in [1.82, 2.24) is 10.2 Å². The van der Waals surface area contributed by atoms with E-state index in [0.717, 1.165) is 19.6 Å². The van der Waals surface area contributed by atoms with Crippen LogP contribution in [0.1, 0.15) is 63.5 Å². The third-order valence-electron chi connectivity index (χ3n) is 5.03. The lowest BCUT2D eigenvalue weighted by atomic mass is 10.1. The highest BCUT2D eigenvalue weighted by Crippen LogP contribution is 2.17. The number of nitrogens with two attached hydrogens (primary N) is 1. The average Bonchev–Trinajstić information content (AvgIpc) is 2.87. The summed E-state index contributed by atoms with van der Waals surface area (Å²) in [7, 11) is 0. The van der Waals surface area contributed by atoms with Gasteiger partial charge in [0.05, 0.1) is 6.54 Å². The second-order valence-electron chi connectivity index (χ2n) is 6.76. The lowest BCUT2D eigenvalue weighted by Gasteiger charge is -2.20. The molecule has 4 nitrogen and oxygen atoms in total. The van der Waals surface area contributed by atoms with Crippen molar-refractivity contribution >= 4 is 29.9 Å². The molecule has 0 heterocycles. The molecule has 1 aliphatic rings. The molecule has 0 radical (unpaired) electrons. The van der Waals surface area contributed by atoms with Gasteiger partial charge in [0.15, 0.2) is 5.96 Å². The Kier molecular flexibility index (Phi) is 11.1. The van der Waals surface area contributed by atoms with Crippen LogP contribution in [0.15, 0.2) is 29.3 Å². The van der Waals surface area contributed by atoms with E-state index in [4.69, 9.17) is 5.73 Å². The molecule has 0 saturated heterocycles. The van der Waals surface area contributed by atoms with Crippen LogP contribution in [0.4, 0.5) is 0 Å². The van der Waals surface area contributed by atoms with Gasteiger partial charge in [-0.1, -0.05) is 63.8 Å². The van der Waals surface area contributed by atoms with Gasteiger partial charge in [-0.05, 0) is 37.1 Å². The number of guanidine groups is 1. The molecule has 0 amide bonds. The molecular weight excluding hydrogens is 423 g/mol. The molecule has 1 aromatic rings. The smallest absolute Gasteiger partial charge is 0.189 e. The van der Waals surface area contributed by atoms with Crippen LogP contribution in [0.25, 0.3) is 0 Å². The topological polar surface area (TPSA) is 53.6 Å². The van der Waals surface area contributed by atoms with Crippen molar-refractivity contribution in [2.24, 2.45) is 10.7 Å². The molecule has 1 fully saturated rings. The molecule has 3 N–H and O–H groups in total. The van der Waals surface area contributed by atoms with Gasteiger partial charge >= 0.3 is 0 Å². The highest BCUT2D eigenvalue weighted by Gasteiger charge is 2.12. The summed E-state index contributed by atoms with van der Waals surface area (Å²) in [6.07, 6.45) is 7.75. The van der Waals surface area contributed by atoms with Crippen LogP contribution in [0.2, 0.25) is 0 Å². The molecule has 25 heavy (non-hydrogen) atoms. The molecule has 2 rings (SSSR count). The van der Waals surface area contributed by atoms with Crippen molar-refractivity contribution in [3.05, 3.63) is 35.4 Å². The molecule has 0 unspecified atom stereocenters. The van der Waals surface area contributed by atoms with Crippen molar-refractivity contribution in [2.45, 2.75) is 71.5 Å². The zero-order chi connectivity index (χ0) is 17.2. The van der Waals surface area contributed by atoms with Gasteiger partial charge in [0.25, 0.3) is 0 Å². The molecular formula is C20H35IN4. The molecule has 1 aliphatic carbocycles. The zero-order valence-electron chi connectivity index (χ0n) is 15.8. The minimum Gasteiger partial charge on any atom is -0.370 e. The first-order valence-corrected chi connectivity index (χ1v) is 9.58. The van der Waals surface area contributed by atoms with Crippen molar-refractivity contribution in [1.29, 1.82) is 0 Å². The molecule has 0 atom stereocenters. The lowest BCUT2D eigenvalue weighted by Crippen LogP contribution is -2.39. The Morgan fingerprint density at radius 1 is 1.08 bits per heavy atom. The average molecular weight is 458 g/mol. The maximum Gasteiger partial charge on any atom is 0.189 e. The summed E-state index contributed by atoms with van der Waals surface area (Å²) in [5, 5.41) is 3.43. The van der Waals surface area contributed by atoms with Gasteiger partial charge in [0, 0.05) is 12.6 Å². The maximum atomic E-state index is 6.14. The largest absolute Gasteiger partial charge is 0.370 e. The number of aliphatic imine (C=N–C) groups is 1. The van der Waals surface area contributed by atoms with Crippen LogP contribution < -0.4 is 11.1 Å². The van der Waals surface area contributed by atoms with E-state index < -0.39 is 0 Å². The Hall–Kier alpha value is -0.820. The number of nitrogens with one attached hydrogen (secondary N) is 1. The standard InChI is InChI=1S/C20H34N4.HI/c1-3-24(4-2)16-18-12-10-9-11-17(18)15-22-20(21)23-19-13-7-5-6-8-14-19;/h9-12,19H,3-8,13-16H2,1-2H3,(H3,21,22,23);1H. The first-order chi connectivity index (χ1) is 11.7. The summed E-state index contributed by atoms with van der Waals surface area (Å²) >= 11 is 0. The Morgan fingerprint density at radius 3 is 2.28 bits per heavy atom. The monoisotopic (exact) mass is 458 g/mol. The number of hydrogen-bond donors (Lipinski definition) is 2. The lowest BCUT2D eigenvalue weighted by molar-refractivity contribution is 0.295. The van der Waals surface area contributed by atoms with E-state index in [1.54, 1.807) is 0 Å². The summed E-state index contributed by atoms with van der Waals surface area (Å²) in [6, 6.07) is 9.08. The Morgan fingerprint density at radius 2 is 1.68 bits per heavy atom. The fraction of sp³-hybridized carbons (Fsp3) is 0.650. The molecule has 1 saturated carbocycles.